The average molecular weight is 363 g/mol. The Kier molecular flexibility index (Phi) is 4.56. The number of anilines is 1. The number of likely N-dealkylation sites (tertiary alicyclic amines) is 1. The molecule has 2 amide bonds. The lowest BCUT2D eigenvalue weighted by atomic mass is 10.1. The number of benzene rings is 1. The minimum Gasteiger partial charge on any atom is -0.324 e. The van der Waals surface area contributed by atoms with E-state index in [1.807, 2.05) is 36.1 Å². The molecule has 0 radical (unpaired) electrons. The van der Waals surface area contributed by atoms with Crippen LogP contribution in [-0.2, 0) is 6.54 Å². The first-order valence-corrected chi connectivity index (χ1v) is 9.51. The van der Waals surface area contributed by atoms with Crippen molar-refractivity contribution in [2.75, 3.05) is 18.4 Å². The average Bonchev–Trinajstić information content (AvgIpc) is 3.28. The highest BCUT2D eigenvalue weighted by Gasteiger charge is 2.31. The van der Waals surface area contributed by atoms with Gasteiger partial charge in [-0.2, -0.15) is 0 Å². The van der Waals surface area contributed by atoms with Crippen LogP contribution in [0.2, 0.25) is 0 Å². The molecule has 4 rings (SSSR count). The van der Waals surface area contributed by atoms with E-state index < -0.39 is 0 Å². The Hall–Kier alpha value is -2.89. The maximum absolute atomic E-state index is 12.7. The molecule has 1 fully saturated rings. The maximum atomic E-state index is 12.7. The van der Waals surface area contributed by atoms with E-state index >= 15 is 0 Å². The summed E-state index contributed by atoms with van der Waals surface area (Å²) in [5.41, 5.74) is 5.00. The van der Waals surface area contributed by atoms with Crippen LogP contribution < -0.4 is 5.32 Å². The first-order chi connectivity index (χ1) is 13.1. The minimum absolute atomic E-state index is 0.0401. The van der Waals surface area contributed by atoms with E-state index in [2.05, 4.69) is 34.8 Å². The zero-order valence-corrected chi connectivity index (χ0v) is 16.1. The van der Waals surface area contributed by atoms with E-state index in [9.17, 15) is 4.79 Å². The van der Waals surface area contributed by atoms with Crippen molar-refractivity contribution in [3.05, 3.63) is 53.5 Å². The van der Waals surface area contributed by atoms with Gasteiger partial charge >= 0.3 is 6.03 Å². The Morgan fingerprint density at radius 2 is 2.15 bits per heavy atom. The number of carbonyl (C=O) groups excluding carboxylic acids is 1. The SMILES string of the molecule is CCn1c([C@H]2CCN(C(=O)Nc3ccc(C)cc3C)C2)nc2cccnc21. The van der Waals surface area contributed by atoms with Gasteiger partial charge in [0.1, 0.15) is 11.3 Å². The van der Waals surface area contributed by atoms with Crippen LogP contribution in [0.4, 0.5) is 10.5 Å². The number of amides is 2. The summed E-state index contributed by atoms with van der Waals surface area (Å²) in [6, 6.07) is 9.94. The van der Waals surface area contributed by atoms with Gasteiger partial charge in [-0.15, -0.1) is 0 Å². The standard InChI is InChI=1S/C21H25N5O/c1-4-26-19(23-18-6-5-10-22-20(18)26)16-9-11-25(13-16)21(27)24-17-8-7-14(2)12-15(17)3/h5-8,10,12,16H,4,9,11,13H2,1-3H3,(H,24,27)/t16-/m0/s1. The van der Waals surface area contributed by atoms with Gasteiger partial charge in [0.05, 0.1) is 0 Å². The van der Waals surface area contributed by atoms with Crippen molar-refractivity contribution in [1.29, 1.82) is 0 Å². The summed E-state index contributed by atoms with van der Waals surface area (Å²) in [6.45, 7) is 8.43. The molecule has 2 aromatic heterocycles. The quantitative estimate of drug-likeness (QED) is 0.762. The Labute approximate surface area is 159 Å². The second-order valence-electron chi connectivity index (χ2n) is 7.24. The number of nitrogens with zero attached hydrogens (tertiary/aromatic N) is 4. The van der Waals surface area contributed by atoms with Crippen molar-refractivity contribution >= 4 is 22.9 Å². The van der Waals surface area contributed by atoms with Crippen LogP contribution in [0.5, 0.6) is 0 Å². The van der Waals surface area contributed by atoms with Crippen LogP contribution >= 0.6 is 0 Å². The normalized spacial score (nSPS) is 16.9. The molecule has 1 N–H and O–H groups in total. The summed E-state index contributed by atoms with van der Waals surface area (Å²) in [5.74, 6) is 1.28. The molecule has 1 saturated heterocycles. The monoisotopic (exact) mass is 363 g/mol. The number of hydrogen-bond donors (Lipinski definition) is 1. The maximum Gasteiger partial charge on any atom is 0.321 e. The molecule has 0 spiro atoms. The summed E-state index contributed by atoms with van der Waals surface area (Å²) >= 11 is 0. The van der Waals surface area contributed by atoms with Crippen LogP contribution in [0.3, 0.4) is 0 Å². The van der Waals surface area contributed by atoms with Crippen molar-refractivity contribution in [2.24, 2.45) is 0 Å². The number of pyridine rings is 1. The number of aromatic nitrogens is 3. The summed E-state index contributed by atoms with van der Waals surface area (Å²) in [5, 5.41) is 3.05. The van der Waals surface area contributed by atoms with Crippen LogP contribution in [0, 0.1) is 13.8 Å². The molecule has 1 aliphatic rings. The zero-order valence-electron chi connectivity index (χ0n) is 16.1. The van der Waals surface area contributed by atoms with Gasteiger partial charge in [0.2, 0.25) is 0 Å². The number of rotatable bonds is 3. The van der Waals surface area contributed by atoms with Gasteiger partial charge in [0, 0.05) is 37.4 Å². The van der Waals surface area contributed by atoms with Crippen LogP contribution in [0.25, 0.3) is 11.2 Å². The lowest BCUT2D eigenvalue weighted by molar-refractivity contribution is 0.222. The molecule has 6 heteroatoms. The van der Waals surface area contributed by atoms with Gasteiger partial charge in [-0.05, 0) is 51.0 Å². The van der Waals surface area contributed by atoms with Gasteiger partial charge < -0.3 is 14.8 Å². The predicted molar refractivity (Wildman–Crippen MR) is 107 cm³/mol. The summed E-state index contributed by atoms with van der Waals surface area (Å²) in [4.78, 5) is 23.9. The van der Waals surface area contributed by atoms with Crippen LogP contribution in [0.1, 0.15) is 36.2 Å². The Morgan fingerprint density at radius 3 is 2.93 bits per heavy atom. The molecule has 1 atom stereocenters. The van der Waals surface area contributed by atoms with Crippen molar-refractivity contribution in [3.63, 3.8) is 0 Å². The smallest absolute Gasteiger partial charge is 0.321 e. The van der Waals surface area contributed by atoms with Gasteiger partial charge in [0.25, 0.3) is 0 Å². The minimum atomic E-state index is -0.0401. The lowest BCUT2D eigenvalue weighted by Gasteiger charge is -2.18. The molecule has 1 aliphatic heterocycles. The zero-order chi connectivity index (χ0) is 19.0. The van der Waals surface area contributed by atoms with Gasteiger partial charge in [0.15, 0.2) is 5.65 Å². The molecule has 27 heavy (non-hydrogen) atoms. The Morgan fingerprint density at radius 1 is 1.30 bits per heavy atom. The third-order valence-electron chi connectivity index (χ3n) is 5.31. The number of nitrogens with one attached hydrogen (secondary N) is 1. The van der Waals surface area contributed by atoms with Crippen molar-refractivity contribution in [3.8, 4) is 0 Å². The van der Waals surface area contributed by atoms with E-state index in [4.69, 9.17) is 4.98 Å². The fourth-order valence-corrected chi connectivity index (χ4v) is 3.90. The Bertz CT molecular complexity index is 993. The topological polar surface area (TPSA) is 63.1 Å². The number of carbonyl (C=O) groups is 1. The summed E-state index contributed by atoms with van der Waals surface area (Å²) in [6.07, 6.45) is 2.72. The van der Waals surface area contributed by atoms with Gasteiger partial charge in [-0.25, -0.2) is 14.8 Å². The largest absolute Gasteiger partial charge is 0.324 e. The molecule has 3 aromatic rings. The van der Waals surface area contributed by atoms with Crippen molar-refractivity contribution in [1.82, 2.24) is 19.4 Å². The highest BCUT2D eigenvalue weighted by Crippen LogP contribution is 2.29. The van der Waals surface area contributed by atoms with E-state index in [0.29, 0.717) is 6.54 Å². The number of hydrogen-bond acceptors (Lipinski definition) is 3. The first kappa shape index (κ1) is 17.5. The van der Waals surface area contributed by atoms with E-state index in [1.54, 1.807) is 6.20 Å². The molecule has 0 unspecified atom stereocenters. The number of fused-ring (bicyclic) bond motifs is 1. The van der Waals surface area contributed by atoms with E-state index in [-0.39, 0.29) is 11.9 Å². The third-order valence-corrected chi connectivity index (χ3v) is 5.31. The molecular weight excluding hydrogens is 338 g/mol. The number of urea groups is 1. The van der Waals surface area contributed by atoms with Gasteiger partial charge in [-0.1, -0.05) is 17.7 Å². The molecule has 3 heterocycles. The molecule has 0 bridgehead atoms. The third kappa shape index (κ3) is 3.27. The highest BCUT2D eigenvalue weighted by atomic mass is 16.2. The van der Waals surface area contributed by atoms with Crippen LogP contribution in [0.15, 0.2) is 36.5 Å². The predicted octanol–water partition coefficient (Wildman–Crippen LogP) is 4.09. The fraction of sp³-hybridized carbons (Fsp3) is 0.381. The number of imidazole rings is 1. The van der Waals surface area contributed by atoms with Crippen molar-refractivity contribution in [2.45, 2.75) is 39.7 Å². The van der Waals surface area contributed by atoms with Crippen LogP contribution in [-0.4, -0.2) is 38.6 Å². The molecule has 140 valence electrons. The highest BCUT2D eigenvalue weighted by molar-refractivity contribution is 5.90. The first-order valence-electron chi connectivity index (χ1n) is 9.51. The Balaban J connectivity index is 1.51. The fourth-order valence-electron chi connectivity index (χ4n) is 3.90. The molecule has 0 aliphatic carbocycles. The molecular formula is C21H25N5O. The van der Waals surface area contributed by atoms with Crippen molar-refractivity contribution < 1.29 is 4.79 Å². The molecule has 1 aromatic carbocycles. The molecule has 6 nitrogen and oxygen atoms in total. The summed E-state index contributed by atoms with van der Waals surface area (Å²) < 4.78 is 2.17. The lowest BCUT2D eigenvalue weighted by Crippen LogP contribution is -2.33. The van der Waals surface area contributed by atoms with E-state index in [1.165, 1.54) is 5.56 Å². The second-order valence-corrected chi connectivity index (χ2v) is 7.24. The summed E-state index contributed by atoms with van der Waals surface area (Å²) in [7, 11) is 0. The molecule has 0 saturated carbocycles. The van der Waals surface area contributed by atoms with E-state index in [0.717, 1.165) is 47.7 Å². The second kappa shape index (κ2) is 7.02. The number of aryl methyl sites for hydroxylation is 3. The van der Waals surface area contributed by atoms with Gasteiger partial charge in [-0.3, -0.25) is 0 Å².